The first-order valence-corrected chi connectivity index (χ1v) is 9.23. The van der Waals surface area contributed by atoms with E-state index in [9.17, 15) is 4.79 Å². The molecule has 3 N–H and O–H groups in total. The van der Waals surface area contributed by atoms with Crippen molar-refractivity contribution in [2.24, 2.45) is 0 Å². The third-order valence-electron chi connectivity index (χ3n) is 2.75. The summed E-state index contributed by atoms with van der Waals surface area (Å²) in [6, 6.07) is 11.5. The van der Waals surface area contributed by atoms with Crippen molar-refractivity contribution in [3.05, 3.63) is 47.2 Å². The average molecular weight is 347 g/mol. The van der Waals surface area contributed by atoms with Gasteiger partial charge in [0.05, 0.1) is 16.3 Å². The number of anilines is 2. The molecular weight excluding hydrogens is 334 g/mol. The number of thiophene rings is 1. The van der Waals surface area contributed by atoms with Crippen LogP contribution in [0.1, 0.15) is 0 Å². The van der Waals surface area contributed by atoms with E-state index in [4.69, 9.17) is 5.73 Å². The van der Waals surface area contributed by atoms with Gasteiger partial charge in [0.15, 0.2) is 5.13 Å². The van der Waals surface area contributed by atoms with Gasteiger partial charge in [-0.25, -0.2) is 4.98 Å². The van der Waals surface area contributed by atoms with Crippen LogP contribution in [0.2, 0.25) is 0 Å². The topological polar surface area (TPSA) is 68.0 Å². The molecule has 2 aromatic heterocycles. The number of nitrogen functional groups attached to an aromatic ring is 1. The van der Waals surface area contributed by atoms with E-state index in [-0.39, 0.29) is 5.91 Å². The van der Waals surface area contributed by atoms with Gasteiger partial charge in [0.2, 0.25) is 5.91 Å². The van der Waals surface area contributed by atoms with Crippen LogP contribution in [0.25, 0.3) is 10.6 Å². The van der Waals surface area contributed by atoms with Crippen LogP contribution in [0.4, 0.5) is 10.8 Å². The molecule has 0 atom stereocenters. The lowest BCUT2D eigenvalue weighted by molar-refractivity contribution is -0.113. The number of hydrogen-bond acceptors (Lipinski definition) is 6. The molecule has 3 rings (SSSR count). The van der Waals surface area contributed by atoms with E-state index in [1.807, 2.05) is 47.2 Å². The molecule has 0 saturated heterocycles. The number of amides is 1. The van der Waals surface area contributed by atoms with E-state index in [0.29, 0.717) is 16.6 Å². The highest BCUT2D eigenvalue weighted by Gasteiger charge is 2.09. The Morgan fingerprint density at radius 2 is 2.18 bits per heavy atom. The first-order chi connectivity index (χ1) is 10.7. The Morgan fingerprint density at radius 3 is 2.95 bits per heavy atom. The van der Waals surface area contributed by atoms with E-state index in [0.717, 1.165) is 15.5 Å². The molecule has 0 aliphatic carbocycles. The number of hydrogen-bond donors (Lipinski definition) is 2. The molecule has 112 valence electrons. The summed E-state index contributed by atoms with van der Waals surface area (Å²) in [5.74, 6) is 0.261. The first-order valence-electron chi connectivity index (χ1n) is 6.48. The highest BCUT2D eigenvalue weighted by atomic mass is 32.2. The largest absolute Gasteiger partial charge is 0.399 e. The van der Waals surface area contributed by atoms with Gasteiger partial charge in [-0.15, -0.1) is 34.4 Å². The van der Waals surface area contributed by atoms with Crippen LogP contribution >= 0.6 is 34.4 Å². The predicted molar refractivity (Wildman–Crippen MR) is 95.6 cm³/mol. The first kappa shape index (κ1) is 15.1. The quantitative estimate of drug-likeness (QED) is 0.536. The smallest absolute Gasteiger partial charge is 0.236 e. The molecule has 0 aliphatic rings. The Morgan fingerprint density at radius 1 is 1.27 bits per heavy atom. The van der Waals surface area contributed by atoms with Crippen LogP contribution in [0.5, 0.6) is 0 Å². The lowest BCUT2D eigenvalue weighted by Crippen LogP contribution is -2.13. The van der Waals surface area contributed by atoms with Crippen molar-refractivity contribution in [1.82, 2.24) is 4.98 Å². The highest BCUT2D eigenvalue weighted by molar-refractivity contribution is 8.00. The molecular formula is C15H13N3OS3. The summed E-state index contributed by atoms with van der Waals surface area (Å²) in [4.78, 5) is 18.5. The zero-order valence-corrected chi connectivity index (χ0v) is 13.9. The molecule has 0 bridgehead atoms. The number of benzene rings is 1. The molecule has 4 nitrogen and oxygen atoms in total. The second kappa shape index (κ2) is 6.95. The van der Waals surface area contributed by atoms with Crippen LogP contribution in [-0.2, 0) is 4.79 Å². The Kier molecular flexibility index (Phi) is 4.77. The van der Waals surface area contributed by atoms with Gasteiger partial charge in [0.25, 0.3) is 0 Å². The molecule has 3 aromatic rings. The van der Waals surface area contributed by atoms with Crippen molar-refractivity contribution < 1.29 is 4.79 Å². The average Bonchev–Trinajstić information content (AvgIpc) is 3.16. The Labute approximate surface area is 140 Å². The van der Waals surface area contributed by atoms with Crippen molar-refractivity contribution in [2.75, 3.05) is 16.8 Å². The fourth-order valence-electron chi connectivity index (χ4n) is 1.78. The lowest BCUT2D eigenvalue weighted by atomic mass is 10.3. The zero-order valence-electron chi connectivity index (χ0n) is 11.5. The number of nitrogens with two attached hydrogens (primary N) is 1. The molecule has 1 aromatic carbocycles. The minimum Gasteiger partial charge on any atom is -0.399 e. The molecule has 0 saturated carbocycles. The summed E-state index contributed by atoms with van der Waals surface area (Å²) in [5, 5.41) is 7.42. The van der Waals surface area contributed by atoms with Crippen LogP contribution in [-0.4, -0.2) is 16.6 Å². The molecule has 0 spiro atoms. The summed E-state index contributed by atoms with van der Waals surface area (Å²) in [6.07, 6.45) is 0. The number of nitrogens with zero attached hydrogens (tertiary/aromatic N) is 1. The zero-order chi connectivity index (χ0) is 15.4. The second-order valence-corrected chi connectivity index (χ2v) is 7.28. The van der Waals surface area contributed by atoms with Gasteiger partial charge in [-0.1, -0.05) is 12.1 Å². The van der Waals surface area contributed by atoms with E-state index < -0.39 is 0 Å². The third kappa shape index (κ3) is 3.88. The van der Waals surface area contributed by atoms with Gasteiger partial charge in [-0.05, 0) is 29.6 Å². The predicted octanol–water partition coefficient (Wildman–Crippen LogP) is 4.18. The van der Waals surface area contributed by atoms with E-state index in [1.165, 1.54) is 23.1 Å². The minimum atomic E-state index is -0.0699. The number of rotatable bonds is 5. The van der Waals surface area contributed by atoms with Crippen LogP contribution < -0.4 is 11.1 Å². The molecule has 0 aliphatic heterocycles. The van der Waals surface area contributed by atoms with Crippen molar-refractivity contribution in [3.8, 4) is 10.6 Å². The SMILES string of the molecule is Nc1cccc(SCC(=O)Nc2nc(-c3cccs3)cs2)c1. The summed E-state index contributed by atoms with van der Waals surface area (Å²) in [6.45, 7) is 0. The minimum absolute atomic E-state index is 0.0699. The standard InChI is InChI=1S/C15H13N3OS3/c16-10-3-1-4-11(7-10)21-9-14(19)18-15-17-12(8-22-15)13-5-2-6-20-13/h1-8H,9,16H2,(H,17,18,19). The summed E-state index contributed by atoms with van der Waals surface area (Å²) < 4.78 is 0. The second-order valence-electron chi connectivity index (χ2n) is 4.42. The molecule has 0 unspecified atom stereocenters. The van der Waals surface area contributed by atoms with Crippen LogP contribution in [0.3, 0.4) is 0 Å². The van der Waals surface area contributed by atoms with E-state index in [1.54, 1.807) is 11.3 Å². The lowest BCUT2D eigenvalue weighted by Gasteiger charge is -2.03. The number of aromatic nitrogens is 1. The monoisotopic (exact) mass is 347 g/mol. The third-order valence-corrected chi connectivity index (χ3v) is 5.40. The van der Waals surface area contributed by atoms with Crippen molar-refractivity contribution in [1.29, 1.82) is 0 Å². The van der Waals surface area contributed by atoms with Gasteiger partial charge in [0.1, 0.15) is 0 Å². The molecule has 0 fully saturated rings. The van der Waals surface area contributed by atoms with Gasteiger partial charge >= 0.3 is 0 Å². The Bertz CT molecular complexity index is 768. The summed E-state index contributed by atoms with van der Waals surface area (Å²) >= 11 is 4.52. The fourth-order valence-corrected chi connectivity index (χ4v) is 4.03. The molecule has 2 heterocycles. The van der Waals surface area contributed by atoms with Gasteiger partial charge in [-0.3, -0.25) is 4.79 Å². The molecule has 1 amide bonds. The molecule has 7 heteroatoms. The fraction of sp³-hybridized carbons (Fsp3) is 0.0667. The molecule has 0 radical (unpaired) electrons. The Hall–Kier alpha value is -1.83. The van der Waals surface area contributed by atoms with Gasteiger partial charge in [0, 0.05) is 16.0 Å². The Balaban J connectivity index is 1.56. The summed E-state index contributed by atoms with van der Waals surface area (Å²) in [5.41, 5.74) is 7.32. The summed E-state index contributed by atoms with van der Waals surface area (Å²) in [7, 11) is 0. The highest BCUT2D eigenvalue weighted by Crippen LogP contribution is 2.28. The van der Waals surface area contributed by atoms with Crippen molar-refractivity contribution in [2.45, 2.75) is 4.90 Å². The van der Waals surface area contributed by atoms with Gasteiger partial charge < -0.3 is 11.1 Å². The number of thiazole rings is 1. The normalized spacial score (nSPS) is 10.5. The van der Waals surface area contributed by atoms with Gasteiger partial charge in [-0.2, -0.15) is 0 Å². The van der Waals surface area contributed by atoms with E-state index >= 15 is 0 Å². The maximum Gasteiger partial charge on any atom is 0.236 e. The van der Waals surface area contributed by atoms with Crippen LogP contribution in [0.15, 0.2) is 52.1 Å². The van der Waals surface area contributed by atoms with Crippen molar-refractivity contribution in [3.63, 3.8) is 0 Å². The van der Waals surface area contributed by atoms with Crippen LogP contribution in [0, 0.1) is 0 Å². The number of carbonyl (C=O) groups is 1. The number of carbonyl (C=O) groups excluding carboxylic acids is 1. The maximum atomic E-state index is 12.0. The number of nitrogens with one attached hydrogen (secondary N) is 1. The number of thioether (sulfide) groups is 1. The van der Waals surface area contributed by atoms with E-state index in [2.05, 4.69) is 10.3 Å². The van der Waals surface area contributed by atoms with Crippen molar-refractivity contribution >= 4 is 51.2 Å². The molecule has 22 heavy (non-hydrogen) atoms. The maximum absolute atomic E-state index is 12.0.